The number of nitrogens with zero attached hydrogens (tertiary/aromatic N) is 3. The van der Waals surface area contributed by atoms with Crippen LogP contribution in [0.15, 0.2) is 10.7 Å². The molecule has 1 aromatic rings. The summed E-state index contributed by atoms with van der Waals surface area (Å²) in [4.78, 5) is 20.9. The fourth-order valence-electron chi connectivity index (χ4n) is 3.03. The predicted octanol–water partition coefficient (Wildman–Crippen LogP) is 1.73. The fourth-order valence-corrected chi connectivity index (χ4v) is 3.03. The first kappa shape index (κ1) is 20.9. The van der Waals surface area contributed by atoms with E-state index >= 15 is 0 Å². The van der Waals surface area contributed by atoms with Gasteiger partial charge in [0.1, 0.15) is 6.26 Å². The summed E-state index contributed by atoms with van der Waals surface area (Å²) in [5.74, 6) is 0.804. The summed E-state index contributed by atoms with van der Waals surface area (Å²) in [5.41, 5.74) is 0.346. The molecular weight excluding hydrogens is 332 g/mol. The second-order valence-corrected chi connectivity index (χ2v) is 7.60. The molecule has 148 valence electrons. The third-order valence-corrected chi connectivity index (χ3v) is 4.64. The molecule has 0 radical (unpaired) electrons. The monoisotopic (exact) mass is 366 g/mol. The average molecular weight is 367 g/mol. The molecule has 1 fully saturated rings. The van der Waals surface area contributed by atoms with E-state index in [4.69, 9.17) is 4.42 Å². The summed E-state index contributed by atoms with van der Waals surface area (Å²) < 4.78 is 5.46. The summed E-state index contributed by atoms with van der Waals surface area (Å²) >= 11 is 0. The number of β-amino-alcohol motifs (C(OH)–C–C–N with tert-alkyl or cyclic N) is 1. The minimum Gasteiger partial charge on any atom is -0.447 e. The number of aliphatic hydroxyl groups is 1. The number of piperazine rings is 1. The molecular formula is C19H34N4O3. The average Bonchev–Trinajstić information content (AvgIpc) is 3.08. The molecule has 2 N–H and O–H groups in total. The normalized spacial score (nSPS) is 17.6. The zero-order chi connectivity index (χ0) is 18.9. The Labute approximate surface area is 156 Å². The maximum atomic E-state index is 12.0. The van der Waals surface area contributed by atoms with Crippen LogP contribution in [-0.2, 0) is 6.54 Å². The Kier molecular flexibility index (Phi) is 8.54. The van der Waals surface area contributed by atoms with Crippen LogP contribution in [0.3, 0.4) is 0 Å². The Balaban J connectivity index is 1.71. The second kappa shape index (κ2) is 10.6. The third kappa shape index (κ3) is 7.05. The number of aromatic nitrogens is 1. The molecule has 0 spiro atoms. The van der Waals surface area contributed by atoms with Crippen molar-refractivity contribution in [1.82, 2.24) is 20.1 Å². The Bertz CT molecular complexity index is 539. The second-order valence-electron chi connectivity index (χ2n) is 7.60. The minimum absolute atomic E-state index is 0.181. The molecule has 1 atom stereocenters. The quantitative estimate of drug-likeness (QED) is 0.656. The van der Waals surface area contributed by atoms with E-state index in [0.29, 0.717) is 30.6 Å². The highest BCUT2D eigenvalue weighted by molar-refractivity contribution is 5.91. The van der Waals surface area contributed by atoms with Crippen LogP contribution in [0.5, 0.6) is 0 Å². The molecule has 0 bridgehead atoms. The molecule has 1 aliphatic heterocycles. The number of carbonyl (C=O) groups excluding carboxylic acids is 1. The van der Waals surface area contributed by atoms with Crippen molar-refractivity contribution in [2.45, 2.75) is 52.7 Å². The smallest absolute Gasteiger partial charge is 0.273 e. The van der Waals surface area contributed by atoms with E-state index in [2.05, 4.69) is 40.9 Å². The fraction of sp³-hybridized carbons (Fsp3) is 0.789. The Morgan fingerprint density at radius 1 is 1.31 bits per heavy atom. The van der Waals surface area contributed by atoms with Gasteiger partial charge in [-0.05, 0) is 12.3 Å². The van der Waals surface area contributed by atoms with Gasteiger partial charge in [0.15, 0.2) is 5.69 Å². The Morgan fingerprint density at radius 2 is 2.00 bits per heavy atom. The van der Waals surface area contributed by atoms with Gasteiger partial charge in [0.25, 0.3) is 5.91 Å². The van der Waals surface area contributed by atoms with E-state index in [1.807, 2.05) is 0 Å². The van der Waals surface area contributed by atoms with Crippen molar-refractivity contribution in [3.63, 3.8) is 0 Å². The molecule has 0 unspecified atom stereocenters. The van der Waals surface area contributed by atoms with E-state index in [0.717, 1.165) is 52.0 Å². The van der Waals surface area contributed by atoms with E-state index in [-0.39, 0.29) is 12.0 Å². The zero-order valence-corrected chi connectivity index (χ0v) is 16.4. The predicted molar refractivity (Wildman–Crippen MR) is 101 cm³/mol. The van der Waals surface area contributed by atoms with Gasteiger partial charge in [-0.2, -0.15) is 0 Å². The molecule has 7 heteroatoms. The maximum absolute atomic E-state index is 12.0. The minimum atomic E-state index is -0.222. The Hall–Kier alpha value is -1.44. The molecule has 1 aliphatic rings. The summed E-state index contributed by atoms with van der Waals surface area (Å²) in [6.45, 7) is 12.0. The number of oxazole rings is 1. The van der Waals surface area contributed by atoms with Gasteiger partial charge in [-0.15, -0.1) is 0 Å². The van der Waals surface area contributed by atoms with Crippen LogP contribution in [0.2, 0.25) is 0 Å². The van der Waals surface area contributed by atoms with E-state index in [1.165, 1.54) is 6.26 Å². The van der Waals surface area contributed by atoms with Gasteiger partial charge in [-0.25, -0.2) is 4.98 Å². The number of nitrogens with one attached hydrogen (secondary N) is 1. The summed E-state index contributed by atoms with van der Waals surface area (Å²) in [5, 5.41) is 12.9. The van der Waals surface area contributed by atoms with Crippen molar-refractivity contribution in [3.8, 4) is 0 Å². The number of carbonyl (C=O) groups is 1. The number of unbranched alkanes of at least 4 members (excludes halogenated alkanes) is 1. The van der Waals surface area contributed by atoms with Crippen LogP contribution in [0.4, 0.5) is 0 Å². The lowest BCUT2D eigenvalue weighted by Crippen LogP contribution is -2.48. The number of aliphatic hydroxyl groups excluding tert-OH is 1. The van der Waals surface area contributed by atoms with Crippen LogP contribution < -0.4 is 5.32 Å². The zero-order valence-electron chi connectivity index (χ0n) is 16.4. The molecule has 1 aromatic heterocycles. The summed E-state index contributed by atoms with van der Waals surface area (Å²) in [6.07, 6.45) is 4.30. The number of amides is 1. The molecule has 26 heavy (non-hydrogen) atoms. The van der Waals surface area contributed by atoms with Gasteiger partial charge < -0.3 is 14.8 Å². The van der Waals surface area contributed by atoms with Gasteiger partial charge in [-0.1, -0.05) is 33.6 Å². The molecule has 1 saturated heterocycles. The van der Waals surface area contributed by atoms with Gasteiger partial charge in [0, 0.05) is 39.3 Å². The molecule has 0 aliphatic carbocycles. The highest BCUT2D eigenvalue weighted by atomic mass is 16.3. The molecule has 1 amide bonds. The standard InChI is InChI=1S/C19H34N4O3/c1-4-5-6-16(24)12-22-7-9-23(10-8-22)13-18-21-17(14-26-18)19(25)20-11-15(2)3/h14-16,24H,4-13H2,1-3H3,(H,20,25)/t16-/m1/s1. The first-order chi connectivity index (χ1) is 12.5. The Morgan fingerprint density at radius 3 is 2.65 bits per heavy atom. The van der Waals surface area contributed by atoms with Crippen LogP contribution >= 0.6 is 0 Å². The molecule has 0 saturated carbocycles. The van der Waals surface area contributed by atoms with Crippen LogP contribution in [-0.4, -0.2) is 71.2 Å². The van der Waals surface area contributed by atoms with Crippen LogP contribution in [0.25, 0.3) is 0 Å². The SMILES string of the molecule is CCCC[C@@H](O)CN1CCN(Cc2nc(C(=O)NCC(C)C)co2)CC1. The number of rotatable bonds is 10. The summed E-state index contributed by atoms with van der Waals surface area (Å²) in [6, 6.07) is 0. The van der Waals surface area contributed by atoms with Crippen molar-refractivity contribution < 1.29 is 14.3 Å². The van der Waals surface area contributed by atoms with Crippen molar-refractivity contribution in [2.24, 2.45) is 5.92 Å². The van der Waals surface area contributed by atoms with Gasteiger partial charge in [-0.3, -0.25) is 14.6 Å². The van der Waals surface area contributed by atoms with E-state index in [9.17, 15) is 9.90 Å². The van der Waals surface area contributed by atoms with Gasteiger partial charge >= 0.3 is 0 Å². The van der Waals surface area contributed by atoms with Crippen molar-refractivity contribution >= 4 is 5.91 Å². The van der Waals surface area contributed by atoms with Gasteiger partial charge in [0.2, 0.25) is 5.89 Å². The lowest BCUT2D eigenvalue weighted by atomic mass is 10.1. The lowest BCUT2D eigenvalue weighted by molar-refractivity contribution is 0.0627. The van der Waals surface area contributed by atoms with Crippen molar-refractivity contribution in [1.29, 1.82) is 0 Å². The number of hydrogen-bond donors (Lipinski definition) is 2. The van der Waals surface area contributed by atoms with Crippen LogP contribution in [0.1, 0.15) is 56.4 Å². The molecule has 2 rings (SSSR count). The van der Waals surface area contributed by atoms with Gasteiger partial charge in [0.05, 0.1) is 12.6 Å². The molecule has 0 aromatic carbocycles. The highest BCUT2D eigenvalue weighted by Gasteiger charge is 2.21. The number of hydrogen-bond acceptors (Lipinski definition) is 6. The van der Waals surface area contributed by atoms with Crippen molar-refractivity contribution in [3.05, 3.63) is 17.8 Å². The molecule has 2 heterocycles. The first-order valence-electron chi connectivity index (χ1n) is 9.83. The topological polar surface area (TPSA) is 81.8 Å². The third-order valence-electron chi connectivity index (χ3n) is 4.64. The van der Waals surface area contributed by atoms with Crippen LogP contribution in [0, 0.1) is 5.92 Å². The van der Waals surface area contributed by atoms with Crippen molar-refractivity contribution in [2.75, 3.05) is 39.3 Å². The first-order valence-corrected chi connectivity index (χ1v) is 9.83. The largest absolute Gasteiger partial charge is 0.447 e. The molecule has 7 nitrogen and oxygen atoms in total. The van der Waals surface area contributed by atoms with E-state index < -0.39 is 0 Å². The van der Waals surface area contributed by atoms with E-state index in [1.54, 1.807) is 0 Å². The lowest BCUT2D eigenvalue weighted by Gasteiger charge is -2.35. The maximum Gasteiger partial charge on any atom is 0.273 e. The highest BCUT2D eigenvalue weighted by Crippen LogP contribution is 2.11. The summed E-state index contributed by atoms with van der Waals surface area (Å²) in [7, 11) is 0.